The molecule has 1 amide bonds. The van der Waals surface area contributed by atoms with Crippen molar-refractivity contribution in [1.82, 2.24) is 30.5 Å². The molecule has 0 spiro atoms. The summed E-state index contributed by atoms with van der Waals surface area (Å²) in [7, 11) is 0. The Labute approximate surface area is 132 Å². The van der Waals surface area contributed by atoms with Crippen LogP contribution in [0.4, 0.5) is 0 Å². The van der Waals surface area contributed by atoms with E-state index in [1.165, 1.54) is 12.4 Å². The van der Waals surface area contributed by atoms with Gasteiger partial charge < -0.3 is 10.1 Å². The first kappa shape index (κ1) is 14.6. The van der Waals surface area contributed by atoms with Gasteiger partial charge in [0.15, 0.2) is 5.82 Å². The lowest BCUT2D eigenvalue weighted by Gasteiger charge is -2.05. The summed E-state index contributed by atoms with van der Waals surface area (Å²) in [6, 6.07) is 9.22. The molecule has 0 saturated heterocycles. The zero-order chi connectivity index (χ0) is 16.1. The van der Waals surface area contributed by atoms with E-state index in [1.807, 2.05) is 18.2 Å². The Morgan fingerprint density at radius 1 is 1.22 bits per heavy atom. The van der Waals surface area contributed by atoms with Crippen LogP contribution in [0.15, 0.2) is 42.7 Å². The molecule has 3 rings (SSSR count). The van der Waals surface area contributed by atoms with E-state index >= 15 is 0 Å². The summed E-state index contributed by atoms with van der Waals surface area (Å²) >= 11 is 0. The number of ether oxygens (including phenoxy) is 1. The van der Waals surface area contributed by atoms with Gasteiger partial charge in [-0.05, 0) is 19.1 Å². The summed E-state index contributed by atoms with van der Waals surface area (Å²) in [5.74, 6) is 1.81. The van der Waals surface area contributed by atoms with E-state index in [2.05, 4.69) is 30.5 Å². The molecule has 23 heavy (non-hydrogen) atoms. The first-order valence-corrected chi connectivity index (χ1v) is 6.92. The number of H-pyrrole nitrogens is 1. The molecule has 3 aromatic rings. The average Bonchev–Trinajstić information content (AvgIpc) is 3.00. The van der Waals surface area contributed by atoms with Gasteiger partial charge in [-0.1, -0.05) is 18.2 Å². The molecular weight excluding hydrogens is 296 g/mol. The second-order valence-electron chi connectivity index (χ2n) is 4.67. The SMILES string of the molecule is Cc1nc(CNC(=O)c2cnc(Oc3ccccc3)cn2)n[nH]1. The van der Waals surface area contributed by atoms with Gasteiger partial charge in [0.2, 0.25) is 5.88 Å². The van der Waals surface area contributed by atoms with Crippen LogP contribution < -0.4 is 10.1 Å². The zero-order valence-corrected chi connectivity index (χ0v) is 12.4. The second kappa shape index (κ2) is 6.65. The molecule has 0 radical (unpaired) electrons. The minimum atomic E-state index is -0.355. The lowest BCUT2D eigenvalue weighted by atomic mass is 10.3. The van der Waals surface area contributed by atoms with E-state index in [0.29, 0.717) is 23.3 Å². The first-order chi connectivity index (χ1) is 11.2. The Kier molecular flexibility index (Phi) is 4.23. The molecule has 0 aliphatic heterocycles. The molecule has 0 bridgehead atoms. The first-order valence-electron chi connectivity index (χ1n) is 6.92. The van der Waals surface area contributed by atoms with Crippen LogP contribution in [0, 0.1) is 6.92 Å². The predicted octanol–water partition coefficient (Wildman–Crippen LogP) is 1.63. The smallest absolute Gasteiger partial charge is 0.271 e. The Hall–Kier alpha value is -3.29. The molecule has 0 unspecified atom stereocenters. The van der Waals surface area contributed by atoms with Crippen LogP contribution in [0.25, 0.3) is 0 Å². The van der Waals surface area contributed by atoms with Crippen molar-refractivity contribution in [2.75, 3.05) is 0 Å². The standard InChI is InChI=1S/C15H14N6O2/c1-10-19-13(21-20-10)8-18-15(22)12-7-17-14(9-16-12)23-11-5-3-2-4-6-11/h2-7,9H,8H2,1H3,(H,18,22)(H,19,20,21). The van der Waals surface area contributed by atoms with Gasteiger partial charge in [0.1, 0.15) is 17.3 Å². The lowest BCUT2D eigenvalue weighted by Crippen LogP contribution is -2.24. The molecule has 8 heteroatoms. The third-order valence-electron chi connectivity index (χ3n) is 2.88. The third-order valence-corrected chi connectivity index (χ3v) is 2.88. The van der Waals surface area contributed by atoms with Gasteiger partial charge in [-0.3, -0.25) is 9.89 Å². The van der Waals surface area contributed by atoms with Gasteiger partial charge >= 0.3 is 0 Å². The van der Waals surface area contributed by atoms with Crippen LogP contribution in [0.3, 0.4) is 0 Å². The van der Waals surface area contributed by atoms with Gasteiger partial charge in [0.05, 0.1) is 18.9 Å². The lowest BCUT2D eigenvalue weighted by molar-refractivity contribution is 0.0944. The second-order valence-corrected chi connectivity index (χ2v) is 4.67. The predicted molar refractivity (Wildman–Crippen MR) is 80.8 cm³/mol. The molecule has 1 aromatic carbocycles. The molecule has 116 valence electrons. The van der Waals surface area contributed by atoms with Gasteiger partial charge in [0, 0.05) is 0 Å². The molecular formula is C15H14N6O2. The topological polar surface area (TPSA) is 106 Å². The molecule has 0 fully saturated rings. The number of aromatic amines is 1. The number of para-hydroxylation sites is 1. The number of hydrogen-bond donors (Lipinski definition) is 2. The van der Waals surface area contributed by atoms with Crippen molar-refractivity contribution < 1.29 is 9.53 Å². The Morgan fingerprint density at radius 3 is 2.70 bits per heavy atom. The van der Waals surface area contributed by atoms with Crippen molar-refractivity contribution in [2.45, 2.75) is 13.5 Å². The molecule has 8 nitrogen and oxygen atoms in total. The minimum Gasteiger partial charge on any atom is -0.438 e. The summed E-state index contributed by atoms with van der Waals surface area (Å²) in [4.78, 5) is 24.2. The van der Waals surface area contributed by atoms with E-state index < -0.39 is 0 Å². The summed E-state index contributed by atoms with van der Waals surface area (Å²) in [6.45, 7) is 2.00. The van der Waals surface area contributed by atoms with Gasteiger partial charge in [-0.2, -0.15) is 5.10 Å². The highest BCUT2D eigenvalue weighted by Crippen LogP contribution is 2.17. The number of nitrogens with zero attached hydrogens (tertiary/aromatic N) is 4. The van der Waals surface area contributed by atoms with Crippen molar-refractivity contribution in [2.24, 2.45) is 0 Å². The fourth-order valence-electron chi connectivity index (χ4n) is 1.81. The van der Waals surface area contributed by atoms with Gasteiger partial charge in [0.25, 0.3) is 5.91 Å². The number of nitrogens with one attached hydrogen (secondary N) is 2. The summed E-state index contributed by atoms with van der Waals surface area (Å²) in [5.41, 5.74) is 0.192. The van der Waals surface area contributed by atoms with E-state index in [-0.39, 0.29) is 18.1 Å². The summed E-state index contributed by atoms with van der Waals surface area (Å²) in [5, 5.41) is 9.31. The zero-order valence-electron chi connectivity index (χ0n) is 12.4. The molecule has 2 heterocycles. The van der Waals surface area contributed by atoms with Crippen LogP contribution >= 0.6 is 0 Å². The molecule has 2 N–H and O–H groups in total. The minimum absolute atomic E-state index is 0.192. The fraction of sp³-hybridized carbons (Fsp3) is 0.133. The summed E-state index contributed by atoms with van der Waals surface area (Å²) < 4.78 is 5.52. The van der Waals surface area contributed by atoms with E-state index in [4.69, 9.17) is 4.74 Å². The Bertz CT molecular complexity index is 785. The number of carbonyl (C=O) groups excluding carboxylic acids is 1. The van der Waals surface area contributed by atoms with Crippen LogP contribution in [-0.4, -0.2) is 31.1 Å². The van der Waals surface area contributed by atoms with Gasteiger partial charge in [-0.25, -0.2) is 15.0 Å². The number of carbonyl (C=O) groups is 1. The summed E-state index contributed by atoms with van der Waals surface area (Å²) in [6.07, 6.45) is 2.76. The third kappa shape index (κ3) is 3.88. The number of aromatic nitrogens is 5. The normalized spacial score (nSPS) is 10.3. The fourth-order valence-corrected chi connectivity index (χ4v) is 1.81. The Balaban J connectivity index is 1.59. The van der Waals surface area contributed by atoms with Crippen molar-refractivity contribution in [3.8, 4) is 11.6 Å². The van der Waals surface area contributed by atoms with Crippen molar-refractivity contribution in [1.29, 1.82) is 0 Å². The number of aryl methyl sites for hydroxylation is 1. The average molecular weight is 310 g/mol. The van der Waals surface area contributed by atoms with Crippen LogP contribution in [0.5, 0.6) is 11.6 Å². The highest BCUT2D eigenvalue weighted by molar-refractivity contribution is 5.91. The Morgan fingerprint density at radius 2 is 2.04 bits per heavy atom. The maximum Gasteiger partial charge on any atom is 0.271 e. The molecule has 0 aliphatic rings. The highest BCUT2D eigenvalue weighted by atomic mass is 16.5. The number of benzene rings is 1. The van der Waals surface area contributed by atoms with Crippen LogP contribution in [-0.2, 0) is 6.54 Å². The number of rotatable bonds is 5. The van der Waals surface area contributed by atoms with Crippen molar-refractivity contribution in [3.63, 3.8) is 0 Å². The van der Waals surface area contributed by atoms with Crippen LogP contribution in [0.1, 0.15) is 22.1 Å². The monoisotopic (exact) mass is 310 g/mol. The largest absolute Gasteiger partial charge is 0.438 e. The van der Waals surface area contributed by atoms with Crippen molar-refractivity contribution >= 4 is 5.91 Å². The van der Waals surface area contributed by atoms with E-state index in [1.54, 1.807) is 19.1 Å². The van der Waals surface area contributed by atoms with E-state index in [9.17, 15) is 4.79 Å². The van der Waals surface area contributed by atoms with Crippen molar-refractivity contribution in [3.05, 3.63) is 60.1 Å². The molecule has 0 atom stereocenters. The highest BCUT2D eigenvalue weighted by Gasteiger charge is 2.10. The molecule has 0 saturated carbocycles. The quantitative estimate of drug-likeness (QED) is 0.742. The maximum absolute atomic E-state index is 12.0. The maximum atomic E-state index is 12.0. The number of amides is 1. The van der Waals surface area contributed by atoms with Gasteiger partial charge in [-0.15, -0.1) is 0 Å². The van der Waals surface area contributed by atoms with Crippen LogP contribution in [0.2, 0.25) is 0 Å². The number of hydrogen-bond acceptors (Lipinski definition) is 6. The van der Waals surface area contributed by atoms with E-state index in [0.717, 1.165) is 0 Å². The molecule has 0 aliphatic carbocycles. The molecule has 2 aromatic heterocycles.